The number of carbonyl (C=O) groups is 1. The van der Waals surface area contributed by atoms with E-state index in [1.165, 1.54) is 18.9 Å². The Morgan fingerprint density at radius 3 is 2.62 bits per heavy atom. The molecule has 0 radical (unpaired) electrons. The predicted octanol–water partition coefficient (Wildman–Crippen LogP) is 3.46. The van der Waals surface area contributed by atoms with E-state index < -0.39 is 11.5 Å². The standard InChI is InChI=1S/C22H34O4/c1-13-10-22-11-15(13)5-6-16(22)20(3)8-7-18(24)21(4,12-26-14(2)23)17(20)9-19(22)25/h15-19,24-25H,1,5-12H2,2-4H3/t15?,16-,17-,18?,19-,20?,21?,22-/m0/s1. The van der Waals surface area contributed by atoms with Crippen molar-refractivity contribution in [3.05, 3.63) is 12.2 Å². The van der Waals surface area contributed by atoms with Gasteiger partial charge in [-0.3, -0.25) is 4.79 Å². The maximum absolute atomic E-state index is 11.4. The van der Waals surface area contributed by atoms with Gasteiger partial charge in [-0.2, -0.15) is 0 Å². The topological polar surface area (TPSA) is 66.8 Å². The lowest BCUT2D eigenvalue weighted by molar-refractivity contribution is -0.232. The van der Waals surface area contributed by atoms with Gasteiger partial charge in [0.2, 0.25) is 0 Å². The van der Waals surface area contributed by atoms with Gasteiger partial charge in [-0.05, 0) is 68.1 Å². The maximum atomic E-state index is 11.4. The predicted molar refractivity (Wildman–Crippen MR) is 99.2 cm³/mol. The fourth-order valence-corrected chi connectivity index (χ4v) is 7.75. The van der Waals surface area contributed by atoms with Crippen LogP contribution >= 0.6 is 0 Å². The molecule has 4 aliphatic rings. The first-order chi connectivity index (χ1) is 12.1. The molecule has 8 atom stereocenters. The van der Waals surface area contributed by atoms with Gasteiger partial charge in [-0.1, -0.05) is 26.0 Å². The highest BCUT2D eigenvalue weighted by atomic mass is 16.5. The number of aliphatic hydroxyl groups is 2. The molecule has 146 valence electrons. The van der Waals surface area contributed by atoms with Crippen LogP contribution in [-0.4, -0.2) is 35.0 Å². The van der Waals surface area contributed by atoms with Crippen molar-refractivity contribution in [1.82, 2.24) is 0 Å². The van der Waals surface area contributed by atoms with Crippen LogP contribution in [0.15, 0.2) is 12.2 Å². The average molecular weight is 363 g/mol. The van der Waals surface area contributed by atoms with Crippen molar-refractivity contribution in [2.45, 2.75) is 77.9 Å². The minimum absolute atomic E-state index is 0.0180. The van der Waals surface area contributed by atoms with E-state index >= 15 is 0 Å². The number of fused-ring (bicyclic) bond motifs is 3. The first-order valence-electron chi connectivity index (χ1n) is 10.3. The zero-order valence-electron chi connectivity index (χ0n) is 16.5. The van der Waals surface area contributed by atoms with E-state index in [0.29, 0.717) is 18.3 Å². The molecule has 0 aromatic rings. The van der Waals surface area contributed by atoms with Crippen molar-refractivity contribution >= 4 is 5.97 Å². The molecular formula is C22H34O4. The molecule has 4 aliphatic carbocycles. The average Bonchev–Trinajstić information content (AvgIpc) is 2.83. The Morgan fingerprint density at radius 2 is 1.92 bits per heavy atom. The molecule has 4 rings (SSSR count). The molecule has 4 nitrogen and oxygen atoms in total. The molecule has 4 heteroatoms. The first kappa shape index (κ1) is 18.5. The van der Waals surface area contributed by atoms with Gasteiger partial charge < -0.3 is 14.9 Å². The van der Waals surface area contributed by atoms with E-state index in [-0.39, 0.29) is 35.4 Å². The van der Waals surface area contributed by atoms with E-state index in [1.54, 1.807) is 0 Å². The Balaban J connectivity index is 1.72. The van der Waals surface area contributed by atoms with Gasteiger partial charge in [0.15, 0.2) is 0 Å². The van der Waals surface area contributed by atoms with Crippen LogP contribution in [0.4, 0.5) is 0 Å². The van der Waals surface area contributed by atoms with Crippen molar-refractivity contribution in [3.8, 4) is 0 Å². The largest absolute Gasteiger partial charge is 0.465 e. The molecule has 0 saturated heterocycles. The van der Waals surface area contributed by atoms with E-state index in [0.717, 1.165) is 32.1 Å². The highest BCUT2D eigenvalue weighted by molar-refractivity contribution is 5.65. The number of hydrogen-bond donors (Lipinski definition) is 2. The second kappa shape index (κ2) is 5.81. The van der Waals surface area contributed by atoms with Crippen molar-refractivity contribution in [2.24, 2.45) is 34.0 Å². The second-order valence-electron chi connectivity index (χ2n) is 10.2. The number of ether oxygens (including phenoxy) is 1. The third kappa shape index (κ3) is 2.30. The van der Waals surface area contributed by atoms with Gasteiger partial charge in [0, 0.05) is 17.8 Å². The summed E-state index contributed by atoms with van der Waals surface area (Å²) in [6.07, 6.45) is 5.98. The lowest BCUT2D eigenvalue weighted by Crippen LogP contribution is -2.65. The molecule has 26 heavy (non-hydrogen) atoms. The Kier molecular flexibility index (Phi) is 4.13. The molecule has 2 N–H and O–H groups in total. The smallest absolute Gasteiger partial charge is 0.302 e. The summed E-state index contributed by atoms with van der Waals surface area (Å²) in [7, 11) is 0. The summed E-state index contributed by atoms with van der Waals surface area (Å²) in [4.78, 5) is 11.4. The Bertz CT molecular complexity index is 630. The normalized spacial score (nSPS) is 53.0. The summed E-state index contributed by atoms with van der Waals surface area (Å²) in [5.74, 6) is 0.909. The quantitative estimate of drug-likeness (QED) is 0.583. The molecular weight excluding hydrogens is 328 g/mol. The summed E-state index contributed by atoms with van der Waals surface area (Å²) >= 11 is 0. The first-order valence-corrected chi connectivity index (χ1v) is 10.3. The number of hydrogen-bond acceptors (Lipinski definition) is 4. The van der Waals surface area contributed by atoms with Crippen molar-refractivity contribution < 1.29 is 19.7 Å². The van der Waals surface area contributed by atoms with E-state index in [1.807, 2.05) is 0 Å². The van der Waals surface area contributed by atoms with Crippen LogP contribution in [0, 0.1) is 34.0 Å². The van der Waals surface area contributed by atoms with Crippen LogP contribution in [0.5, 0.6) is 0 Å². The Morgan fingerprint density at radius 1 is 1.19 bits per heavy atom. The number of carbonyl (C=O) groups excluding carboxylic acids is 1. The molecule has 4 saturated carbocycles. The lowest BCUT2D eigenvalue weighted by Gasteiger charge is -2.66. The molecule has 0 aromatic heterocycles. The van der Waals surface area contributed by atoms with Gasteiger partial charge in [-0.25, -0.2) is 0 Å². The van der Waals surface area contributed by atoms with Crippen LogP contribution in [-0.2, 0) is 9.53 Å². The zero-order chi connectivity index (χ0) is 18.9. The van der Waals surface area contributed by atoms with Crippen LogP contribution in [0.2, 0.25) is 0 Å². The molecule has 1 spiro atoms. The van der Waals surface area contributed by atoms with Gasteiger partial charge in [0.1, 0.15) is 0 Å². The Hall–Kier alpha value is -0.870. The second-order valence-corrected chi connectivity index (χ2v) is 10.2. The zero-order valence-corrected chi connectivity index (χ0v) is 16.5. The third-order valence-corrected chi connectivity index (χ3v) is 9.07. The van der Waals surface area contributed by atoms with Crippen LogP contribution in [0.1, 0.15) is 65.7 Å². The van der Waals surface area contributed by atoms with Crippen LogP contribution in [0.3, 0.4) is 0 Å². The number of aliphatic hydroxyl groups excluding tert-OH is 2. The molecule has 0 heterocycles. The van der Waals surface area contributed by atoms with Crippen molar-refractivity contribution in [2.75, 3.05) is 6.61 Å². The monoisotopic (exact) mass is 362 g/mol. The SMILES string of the molecule is C=C1C[C@]23CC1CC[C@H]2C1(C)CCC(O)C(C)(COC(C)=O)[C@H]1C[C@@H]3O. The summed E-state index contributed by atoms with van der Waals surface area (Å²) in [5, 5.41) is 22.2. The van der Waals surface area contributed by atoms with Gasteiger partial charge in [0.05, 0.1) is 18.8 Å². The number of rotatable bonds is 2. The highest BCUT2D eigenvalue weighted by Gasteiger charge is 2.68. The van der Waals surface area contributed by atoms with Gasteiger partial charge in [0.25, 0.3) is 0 Å². The maximum Gasteiger partial charge on any atom is 0.302 e. The van der Waals surface area contributed by atoms with Crippen LogP contribution < -0.4 is 0 Å². The number of esters is 1. The third-order valence-electron chi connectivity index (χ3n) is 9.07. The van der Waals surface area contributed by atoms with E-state index in [9.17, 15) is 15.0 Å². The minimum Gasteiger partial charge on any atom is -0.465 e. The number of allylic oxidation sites excluding steroid dienone is 1. The summed E-state index contributed by atoms with van der Waals surface area (Å²) in [5.41, 5.74) is 0.902. The van der Waals surface area contributed by atoms with Gasteiger partial charge >= 0.3 is 5.97 Å². The molecule has 4 fully saturated rings. The van der Waals surface area contributed by atoms with Crippen molar-refractivity contribution in [1.29, 1.82) is 0 Å². The highest BCUT2D eigenvalue weighted by Crippen LogP contribution is 2.72. The van der Waals surface area contributed by atoms with Crippen molar-refractivity contribution in [3.63, 3.8) is 0 Å². The molecule has 0 aliphatic heterocycles. The lowest BCUT2D eigenvalue weighted by atomic mass is 9.40. The molecule has 4 unspecified atom stereocenters. The van der Waals surface area contributed by atoms with E-state index in [2.05, 4.69) is 20.4 Å². The fourth-order valence-electron chi connectivity index (χ4n) is 7.75. The molecule has 0 amide bonds. The summed E-state index contributed by atoms with van der Waals surface area (Å²) in [6, 6.07) is 0. The Labute approximate surface area is 157 Å². The minimum atomic E-state index is -0.492. The van der Waals surface area contributed by atoms with E-state index in [4.69, 9.17) is 4.74 Å². The molecule has 2 bridgehead atoms. The molecule has 0 aromatic carbocycles. The van der Waals surface area contributed by atoms with Gasteiger partial charge in [-0.15, -0.1) is 0 Å². The fraction of sp³-hybridized carbons (Fsp3) is 0.864. The summed E-state index contributed by atoms with van der Waals surface area (Å²) in [6.45, 7) is 10.4. The van der Waals surface area contributed by atoms with Crippen LogP contribution in [0.25, 0.3) is 0 Å². The summed E-state index contributed by atoms with van der Waals surface area (Å²) < 4.78 is 5.40.